The molecule has 0 bridgehead atoms. The summed E-state index contributed by atoms with van der Waals surface area (Å²) in [6.07, 6.45) is 48.1. The second-order valence-corrected chi connectivity index (χ2v) is 12.2. The molecule has 0 aromatic carbocycles. The fourth-order valence-corrected chi connectivity index (χ4v) is 5.30. The molecule has 0 saturated heterocycles. The largest absolute Gasteiger partial charge is 0.466 e. The van der Waals surface area contributed by atoms with Crippen molar-refractivity contribution in [3.63, 3.8) is 0 Å². The van der Waals surface area contributed by atoms with Gasteiger partial charge in [0.25, 0.3) is 0 Å². The molecule has 0 amide bonds. The van der Waals surface area contributed by atoms with Crippen LogP contribution in [0.25, 0.3) is 0 Å². The Hall–Kier alpha value is -1.05. The number of unbranched alkanes of at least 4 members (excludes halogenated alkanes) is 25. The Morgan fingerprint density at radius 1 is 0.400 bits per heavy atom. The van der Waals surface area contributed by atoms with Crippen LogP contribution in [0.5, 0.6) is 0 Å². The molecule has 0 aromatic heterocycles. The highest BCUT2D eigenvalue weighted by Crippen LogP contribution is 2.13. The van der Waals surface area contributed by atoms with Crippen molar-refractivity contribution in [1.82, 2.24) is 0 Å². The van der Waals surface area contributed by atoms with Crippen LogP contribution in [-0.2, 0) is 9.53 Å². The van der Waals surface area contributed by atoms with E-state index < -0.39 is 0 Å². The van der Waals surface area contributed by atoms with Crippen LogP contribution in [0.1, 0.15) is 206 Å². The molecule has 0 N–H and O–H groups in total. The van der Waals surface area contributed by atoms with Crippen LogP contribution in [0.4, 0.5) is 0 Å². The normalized spacial score (nSPS) is 11.8. The summed E-state index contributed by atoms with van der Waals surface area (Å²) in [5.74, 6) is 0.0126. The van der Waals surface area contributed by atoms with Crippen molar-refractivity contribution in [1.29, 1.82) is 0 Å². The van der Waals surface area contributed by atoms with Gasteiger partial charge in [0.2, 0.25) is 0 Å². The van der Waals surface area contributed by atoms with E-state index in [1.165, 1.54) is 167 Å². The minimum atomic E-state index is 0.0126. The van der Waals surface area contributed by atoms with Crippen molar-refractivity contribution in [2.24, 2.45) is 0 Å². The molecule has 0 aliphatic rings. The molecule has 0 fully saturated rings. The van der Waals surface area contributed by atoms with Crippen molar-refractivity contribution in [2.45, 2.75) is 206 Å². The number of hydrogen-bond donors (Lipinski definition) is 0. The third kappa shape index (κ3) is 35.0. The number of hydrogen-bond acceptors (Lipinski definition) is 2. The van der Waals surface area contributed by atoms with Crippen molar-refractivity contribution in [2.75, 3.05) is 6.61 Å². The third-order valence-corrected chi connectivity index (χ3v) is 8.06. The van der Waals surface area contributed by atoms with Gasteiger partial charge in [0.15, 0.2) is 0 Å². The molecule has 0 saturated carbocycles. The first kappa shape index (κ1) is 39.0. The monoisotopic (exact) mass is 561 g/mol. The first-order chi connectivity index (χ1) is 19.8. The number of carbonyl (C=O) groups excluding carboxylic acids is 1. The van der Waals surface area contributed by atoms with E-state index in [0.29, 0.717) is 13.0 Å². The number of allylic oxidation sites excluding steroid dienone is 4. The Morgan fingerprint density at radius 2 is 0.700 bits per heavy atom. The zero-order chi connectivity index (χ0) is 29.0. The molecule has 0 unspecified atom stereocenters. The van der Waals surface area contributed by atoms with Gasteiger partial charge in [0.1, 0.15) is 0 Å². The highest BCUT2D eigenvalue weighted by atomic mass is 16.5. The molecule has 2 heteroatoms. The predicted molar refractivity (Wildman–Crippen MR) is 179 cm³/mol. The fourth-order valence-electron chi connectivity index (χ4n) is 5.30. The standard InChI is InChI=1S/C38H72O2/c1-3-5-7-9-11-13-15-17-19-20-21-23-25-27-29-31-33-35-37-40-38(39)36-34-32-30-28-26-24-22-18-16-14-12-10-8-6-4-2/h17-19,22H,3-16,20-21,23-37H2,1-2H3/b19-17+,22-18-. The van der Waals surface area contributed by atoms with E-state index in [9.17, 15) is 4.79 Å². The van der Waals surface area contributed by atoms with E-state index in [2.05, 4.69) is 38.2 Å². The summed E-state index contributed by atoms with van der Waals surface area (Å²) >= 11 is 0. The van der Waals surface area contributed by atoms with Gasteiger partial charge in [0.05, 0.1) is 6.61 Å². The maximum absolute atomic E-state index is 11.9. The topological polar surface area (TPSA) is 26.3 Å². The van der Waals surface area contributed by atoms with E-state index >= 15 is 0 Å². The summed E-state index contributed by atoms with van der Waals surface area (Å²) in [4.78, 5) is 11.9. The SMILES string of the molecule is CCCCCCCC/C=C\CCCCCCCC(=O)OCCCCCCCCCC/C=C/CCCCCCCC. The van der Waals surface area contributed by atoms with Gasteiger partial charge in [0, 0.05) is 6.42 Å². The van der Waals surface area contributed by atoms with Crippen LogP contribution in [0.2, 0.25) is 0 Å². The Morgan fingerprint density at radius 3 is 1.07 bits per heavy atom. The number of rotatable bonds is 33. The van der Waals surface area contributed by atoms with Gasteiger partial charge < -0.3 is 4.74 Å². The van der Waals surface area contributed by atoms with Crippen LogP contribution >= 0.6 is 0 Å². The van der Waals surface area contributed by atoms with Crippen LogP contribution in [-0.4, -0.2) is 12.6 Å². The second-order valence-electron chi connectivity index (χ2n) is 12.2. The van der Waals surface area contributed by atoms with Gasteiger partial charge in [-0.05, 0) is 64.2 Å². The fraction of sp³-hybridized carbons (Fsp3) is 0.868. The summed E-state index contributed by atoms with van der Waals surface area (Å²) in [6.45, 7) is 5.18. The van der Waals surface area contributed by atoms with E-state index in [0.717, 1.165) is 19.3 Å². The van der Waals surface area contributed by atoms with E-state index in [-0.39, 0.29) is 5.97 Å². The Labute approximate surface area is 252 Å². The Bertz CT molecular complexity index is 536. The van der Waals surface area contributed by atoms with Crippen molar-refractivity contribution < 1.29 is 9.53 Å². The summed E-state index contributed by atoms with van der Waals surface area (Å²) in [5.41, 5.74) is 0. The van der Waals surface area contributed by atoms with Crippen molar-refractivity contribution in [3.8, 4) is 0 Å². The number of esters is 1. The molecule has 2 nitrogen and oxygen atoms in total. The lowest BCUT2D eigenvalue weighted by Gasteiger charge is -2.05. The van der Waals surface area contributed by atoms with Gasteiger partial charge in [-0.3, -0.25) is 4.79 Å². The molecular formula is C38H72O2. The smallest absolute Gasteiger partial charge is 0.305 e. The van der Waals surface area contributed by atoms with Crippen molar-refractivity contribution >= 4 is 5.97 Å². The summed E-state index contributed by atoms with van der Waals surface area (Å²) in [6, 6.07) is 0. The van der Waals surface area contributed by atoms with Crippen LogP contribution in [0.15, 0.2) is 24.3 Å². The minimum Gasteiger partial charge on any atom is -0.466 e. The Balaban J connectivity index is 3.22. The number of carbonyl (C=O) groups is 1. The molecule has 0 aliphatic carbocycles. The van der Waals surface area contributed by atoms with Gasteiger partial charge >= 0.3 is 5.97 Å². The van der Waals surface area contributed by atoms with Gasteiger partial charge in [-0.2, -0.15) is 0 Å². The quantitative estimate of drug-likeness (QED) is 0.0453. The molecule has 40 heavy (non-hydrogen) atoms. The lowest BCUT2D eigenvalue weighted by atomic mass is 10.1. The van der Waals surface area contributed by atoms with Gasteiger partial charge in [-0.25, -0.2) is 0 Å². The zero-order valence-corrected chi connectivity index (χ0v) is 27.5. The molecule has 0 spiro atoms. The number of ether oxygens (including phenoxy) is 1. The van der Waals surface area contributed by atoms with Gasteiger partial charge in [-0.15, -0.1) is 0 Å². The third-order valence-electron chi connectivity index (χ3n) is 8.06. The minimum absolute atomic E-state index is 0.0126. The second kappa shape index (κ2) is 36.0. The molecular weight excluding hydrogens is 488 g/mol. The van der Waals surface area contributed by atoms with Crippen molar-refractivity contribution in [3.05, 3.63) is 24.3 Å². The molecule has 236 valence electrons. The molecule has 0 rings (SSSR count). The van der Waals surface area contributed by atoms with Gasteiger partial charge in [-0.1, -0.05) is 160 Å². The lowest BCUT2D eigenvalue weighted by molar-refractivity contribution is -0.143. The highest BCUT2D eigenvalue weighted by Gasteiger charge is 2.02. The predicted octanol–water partition coefficient (Wildman–Crippen LogP) is 13.4. The average Bonchev–Trinajstić information content (AvgIpc) is 2.96. The van der Waals surface area contributed by atoms with E-state index in [1.54, 1.807) is 0 Å². The molecule has 0 heterocycles. The average molecular weight is 561 g/mol. The maximum Gasteiger partial charge on any atom is 0.305 e. The zero-order valence-electron chi connectivity index (χ0n) is 27.5. The molecule has 0 aliphatic heterocycles. The van der Waals surface area contributed by atoms with Crippen LogP contribution in [0, 0.1) is 0 Å². The maximum atomic E-state index is 11.9. The van der Waals surface area contributed by atoms with E-state index in [1.807, 2.05) is 0 Å². The first-order valence-corrected chi connectivity index (χ1v) is 18.3. The summed E-state index contributed by atoms with van der Waals surface area (Å²) in [7, 11) is 0. The first-order valence-electron chi connectivity index (χ1n) is 18.3. The Kier molecular flexibility index (Phi) is 35.0. The summed E-state index contributed by atoms with van der Waals surface area (Å²) in [5, 5.41) is 0. The van der Waals surface area contributed by atoms with Crippen LogP contribution < -0.4 is 0 Å². The highest BCUT2D eigenvalue weighted by molar-refractivity contribution is 5.69. The molecule has 0 aromatic rings. The lowest BCUT2D eigenvalue weighted by Crippen LogP contribution is -2.05. The van der Waals surface area contributed by atoms with Crippen LogP contribution in [0.3, 0.4) is 0 Å². The molecule has 0 radical (unpaired) electrons. The van der Waals surface area contributed by atoms with E-state index in [4.69, 9.17) is 4.74 Å². The molecule has 0 atom stereocenters. The summed E-state index contributed by atoms with van der Waals surface area (Å²) < 4.78 is 5.44.